The minimum absolute atomic E-state index is 0.00929. The van der Waals surface area contributed by atoms with E-state index >= 15 is 0 Å². The Balaban J connectivity index is 2.25. The van der Waals surface area contributed by atoms with Crippen LogP contribution in [0.2, 0.25) is 0 Å². The van der Waals surface area contributed by atoms with Crippen molar-refractivity contribution in [3.8, 4) is 5.75 Å². The number of sulfone groups is 1. The number of aliphatic carboxylic acids is 1. The van der Waals surface area contributed by atoms with Crippen LogP contribution < -0.4 is 9.64 Å². The Morgan fingerprint density at radius 2 is 1.78 bits per heavy atom. The molecule has 0 bridgehead atoms. The second-order valence-corrected chi connectivity index (χ2v) is 12.7. The first-order chi connectivity index (χ1) is 17.7. The predicted molar refractivity (Wildman–Crippen MR) is 147 cm³/mol. The summed E-state index contributed by atoms with van der Waals surface area (Å²) in [5, 5.41) is 8.87. The van der Waals surface area contributed by atoms with Crippen molar-refractivity contribution in [2.75, 3.05) is 23.0 Å². The van der Waals surface area contributed by atoms with Crippen molar-refractivity contribution in [2.24, 2.45) is 5.41 Å². The molecule has 9 heteroatoms. The van der Waals surface area contributed by atoms with Crippen LogP contribution in [0, 0.1) is 5.41 Å². The van der Waals surface area contributed by atoms with E-state index in [1.54, 1.807) is 6.07 Å². The largest absolute Gasteiger partial charge is 0.476 e. The molecule has 0 aromatic heterocycles. The number of halogens is 1. The lowest BCUT2D eigenvalue weighted by Gasteiger charge is -2.37. The van der Waals surface area contributed by atoms with Gasteiger partial charge in [0, 0.05) is 23.7 Å². The molecular formula is C28H36FNO5S2. The van der Waals surface area contributed by atoms with Gasteiger partial charge in [-0.3, -0.25) is 0 Å². The molecule has 0 amide bonds. The Morgan fingerprint density at radius 3 is 2.35 bits per heavy atom. The van der Waals surface area contributed by atoms with Gasteiger partial charge in [-0.15, -0.1) is 11.8 Å². The van der Waals surface area contributed by atoms with Crippen LogP contribution >= 0.6 is 11.8 Å². The standard InChI is InChI=1S/C28H36FNO5S2/c1-4-7-14-28(15-8-5-2)19-30(21-12-10-9-11-13-21)23-16-25(36-6-3)24(35-18-22(29)27(31)32)17-26(23)37(33,34)20-28/h9-13,16-18H,4-8,14-15,19-20H2,1-3H3,(H,31,32). The molecule has 0 radical (unpaired) electrons. The van der Waals surface area contributed by atoms with Crippen LogP contribution in [0.5, 0.6) is 5.75 Å². The quantitative estimate of drug-likeness (QED) is 0.168. The molecule has 0 atom stereocenters. The molecule has 2 aromatic rings. The number of ether oxygens (including phenoxy) is 1. The maximum Gasteiger partial charge on any atom is 0.368 e. The summed E-state index contributed by atoms with van der Waals surface area (Å²) in [5.74, 6) is -2.42. The van der Waals surface area contributed by atoms with E-state index in [1.807, 2.05) is 37.3 Å². The fraction of sp³-hybridized carbons (Fsp3) is 0.464. The number of fused-ring (bicyclic) bond motifs is 1. The molecule has 1 N–H and O–H groups in total. The minimum Gasteiger partial charge on any atom is -0.476 e. The van der Waals surface area contributed by atoms with Crippen molar-refractivity contribution in [3.63, 3.8) is 0 Å². The number of para-hydroxylation sites is 1. The summed E-state index contributed by atoms with van der Waals surface area (Å²) < 4.78 is 47.1. The van der Waals surface area contributed by atoms with Crippen molar-refractivity contribution in [3.05, 3.63) is 54.6 Å². The average molecular weight is 550 g/mol. The summed E-state index contributed by atoms with van der Waals surface area (Å²) in [5.41, 5.74) is 1.02. The fourth-order valence-electron chi connectivity index (χ4n) is 4.83. The van der Waals surface area contributed by atoms with E-state index in [0.717, 1.165) is 44.2 Å². The summed E-state index contributed by atoms with van der Waals surface area (Å²) in [6.45, 7) is 6.74. The van der Waals surface area contributed by atoms with Gasteiger partial charge in [0.05, 0.1) is 21.2 Å². The van der Waals surface area contributed by atoms with E-state index in [2.05, 4.69) is 18.7 Å². The third-order valence-electron chi connectivity index (χ3n) is 6.62. The monoisotopic (exact) mass is 549 g/mol. The summed E-state index contributed by atoms with van der Waals surface area (Å²) in [4.78, 5) is 13.8. The number of nitrogens with zero attached hydrogens (tertiary/aromatic N) is 1. The molecule has 0 spiro atoms. The molecule has 6 nitrogen and oxygen atoms in total. The van der Waals surface area contributed by atoms with Crippen molar-refractivity contribution in [1.29, 1.82) is 0 Å². The molecule has 1 heterocycles. The van der Waals surface area contributed by atoms with Gasteiger partial charge in [0.25, 0.3) is 0 Å². The topological polar surface area (TPSA) is 83.9 Å². The van der Waals surface area contributed by atoms with Crippen LogP contribution in [-0.4, -0.2) is 37.5 Å². The van der Waals surface area contributed by atoms with E-state index in [1.165, 1.54) is 17.8 Å². The molecule has 0 saturated heterocycles. The zero-order valence-electron chi connectivity index (χ0n) is 21.7. The lowest BCUT2D eigenvalue weighted by Crippen LogP contribution is -2.38. The van der Waals surface area contributed by atoms with Gasteiger partial charge >= 0.3 is 5.97 Å². The second kappa shape index (κ2) is 12.8. The number of hydrogen-bond acceptors (Lipinski definition) is 6. The molecule has 0 fully saturated rings. The third kappa shape index (κ3) is 7.08. The number of carboxylic acid groups (broad SMARTS) is 1. The van der Waals surface area contributed by atoms with E-state index < -0.39 is 27.0 Å². The molecule has 202 valence electrons. The number of carbonyl (C=O) groups is 1. The van der Waals surface area contributed by atoms with Gasteiger partial charge < -0.3 is 14.7 Å². The summed E-state index contributed by atoms with van der Waals surface area (Å²) >= 11 is 1.42. The highest BCUT2D eigenvalue weighted by molar-refractivity contribution is 7.99. The number of anilines is 2. The molecule has 37 heavy (non-hydrogen) atoms. The molecule has 0 saturated carbocycles. The van der Waals surface area contributed by atoms with Crippen LogP contribution in [-0.2, 0) is 14.6 Å². The van der Waals surface area contributed by atoms with Crippen molar-refractivity contribution < 1.29 is 27.4 Å². The van der Waals surface area contributed by atoms with Gasteiger partial charge in [-0.1, -0.05) is 64.7 Å². The number of carboxylic acids is 1. The first-order valence-electron chi connectivity index (χ1n) is 12.8. The first-order valence-corrected chi connectivity index (χ1v) is 15.4. The molecule has 1 aliphatic rings. The van der Waals surface area contributed by atoms with E-state index in [0.29, 0.717) is 29.1 Å². The fourth-order valence-corrected chi connectivity index (χ4v) is 7.70. The maximum absolute atomic E-state index is 14.0. The van der Waals surface area contributed by atoms with Crippen LogP contribution in [0.3, 0.4) is 0 Å². The smallest absolute Gasteiger partial charge is 0.368 e. The lowest BCUT2D eigenvalue weighted by atomic mass is 9.79. The Kier molecular flexibility index (Phi) is 10.1. The van der Waals surface area contributed by atoms with Gasteiger partial charge in [0.15, 0.2) is 9.84 Å². The summed E-state index contributed by atoms with van der Waals surface area (Å²) in [6.07, 6.45) is 5.92. The Morgan fingerprint density at radius 1 is 1.14 bits per heavy atom. The Hall–Kier alpha value is -2.52. The summed E-state index contributed by atoms with van der Waals surface area (Å²) in [7, 11) is -3.76. The second-order valence-electron chi connectivity index (χ2n) is 9.48. The highest BCUT2D eigenvalue weighted by Gasteiger charge is 2.42. The molecular weight excluding hydrogens is 513 g/mol. The van der Waals surface area contributed by atoms with E-state index in [4.69, 9.17) is 9.84 Å². The summed E-state index contributed by atoms with van der Waals surface area (Å²) in [6, 6.07) is 13.0. The SMILES string of the molecule is CCCCC1(CCCC)CN(c2ccccc2)c2cc(SCC)c(OC=C(F)C(=O)O)cc2S(=O)(=O)C1. The van der Waals surface area contributed by atoms with Crippen LogP contribution in [0.4, 0.5) is 15.8 Å². The van der Waals surface area contributed by atoms with Crippen LogP contribution in [0.1, 0.15) is 59.3 Å². The van der Waals surface area contributed by atoms with E-state index in [9.17, 15) is 17.6 Å². The zero-order chi connectivity index (χ0) is 27.1. The molecule has 2 aromatic carbocycles. The number of benzene rings is 2. The number of rotatable bonds is 12. The van der Waals surface area contributed by atoms with Gasteiger partial charge in [0.2, 0.25) is 5.83 Å². The first kappa shape index (κ1) is 29.0. The number of unbranched alkanes of at least 4 members (excludes halogenated alkanes) is 2. The molecule has 1 aliphatic heterocycles. The molecule has 3 rings (SSSR count). The van der Waals surface area contributed by atoms with Crippen molar-refractivity contribution >= 4 is 38.9 Å². The lowest BCUT2D eigenvalue weighted by molar-refractivity contribution is -0.134. The van der Waals surface area contributed by atoms with Crippen molar-refractivity contribution in [2.45, 2.75) is 69.1 Å². The molecule has 0 unspecified atom stereocenters. The highest BCUT2D eigenvalue weighted by atomic mass is 32.2. The normalized spacial score (nSPS) is 16.6. The van der Waals surface area contributed by atoms with Crippen LogP contribution in [0.25, 0.3) is 0 Å². The zero-order valence-corrected chi connectivity index (χ0v) is 23.3. The van der Waals surface area contributed by atoms with Crippen molar-refractivity contribution in [1.82, 2.24) is 0 Å². The van der Waals surface area contributed by atoms with E-state index in [-0.39, 0.29) is 16.4 Å². The Bertz CT molecular complexity index is 1210. The van der Waals surface area contributed by atoms with Gasteiger partial charge in [-0.25, -0.2) is 13.2 Å². The third-order valence-corrected chi connectivity index (χ3v) is 9.53. The highest BCUT2D eigenvalue weighted by Crippen LogP contribution is 2.48. The maximum atomic E-state index is 14.0. The van der Waals surface area contributed by atoms with Gasteiger partial charge in [0.1, 0.15) is 12.0 Å². The predicted octanol–water partition coefficient (Wildman–Crippen LogP) is 7.37. The Labute approximate surface area is 223 Å². The number of thioether (sulfide) groups is 1. The minimum atomic E-state index is -3.76. The van der Waals surface area contributed by atoms with Gasteiger partial charge in [-0.05, 0) is 36.8 Å². The average Bonchev–Trinajstić information content (AvgIpc) is 2.97. The van der Waals surface area contributed by atoms with Gasteiger partial charge in [-0.2, -0.15) is 4.39 Å². The van der Waals surface area contributed by atoms with Crippen LogP contribution in [0.15, 0.2) is 64.3 Å². The molecule has 0 aliphatic carbocycles. The number of hydrogen-bond donors (Lipinski definition) is 1.